The zero-order valence-corrected chi connectivity index (χ0v) is 14.7. The maximum Gasteiger partial charge on any atom is 0.243 e. The molecule has 1 amide bonds. The zero-order chi connectivity index (χ0) is 17.3. The number of amides is 1. The number of aryl methyl sites for hydroxylation is 2. The lowest BCUT2D eigenvalue weighted by Crippen LogP contribution is -2.46. The average Bonchev–Trinajstić information content (AvgIpc) is 2.50. The molecule has 0 spiro atoms. The lowest BCUT2D eigenvalue weighted by molar-refractivity contribution is -0.115. The van der Waals surface area contributed by atoms with E-state index in [9.17, 15) is 4.79 Å². The number of nitrogens with two attached hydrogens (primary N) is 1. The molecule has 1 atom stereocenters. The first-order valence-electron chi connectivity index (χ1n) is 8.09. The van der Waals surface area contributed by atoms with Crippen LogP contribution in [-0.2, 0) is 11.2 Å². The van der Waals surface area contributed by atoms with Crippen LogP contribution in [0.4, 0.5) is 11.4 Å². The number of nitrogens with zero attached hydrogens (tertiary/aromatic N) is 1. The zero-order valence-electron chi connectivity index (χ0n) is 14.0. The molecule has 0 saturated carbocycles. The molecular weight excluding hydrogens is 322 g/mol. The Kier molecular flexibility index (Phi) is 4.78. The molecule has 5 heteroatoms. The molecule has 3 rings (SSSR count). The lowest BCUT2D eigenvalue weighted by Gasteiger charge is -2.34. The summed E-state index contributed by atoms with van der Waals surface area (Å²) in [5.41, 5.74) is 11.1. The second kappa shape index (κ2) is 6.83. The molecular formula is C19H22ClN3O. The highest BCUT2D eigenvalue weighted by atomic mass is 35.5. The molecule has 1 aliphatic heterocycles. The van der Waals surface area contributed by atoms with Crippen molar-refractivity contribution < 1.29 is 4.79 Å². The van der Waals surface area contributed by atoms with Crippen LogP contribution in [0.1, 0.15) is 16.7 Å². The van der Waals surface area contributed by atoms with Gasteiger partial charge in [-0.1, -0.05) is 35.9 Å². The summed E-state index contributed by atoms with van der Waals surface area (Å²) in [6, 6.07) is 12.0. The molecule has 1 heterocycles. The molecule has 1 aliphatic rings. The van der Waals surface area contributed by atoms with E-state index in [0.717, 1.165) is 23.2 Å². The molecule has 0 aromatic heterocycles. The van der Waals surface area contributed by atoms with Gasteiger partial charge in [-0.3, -0.25) is 4.79 Å². The highest BCUT2D eigenvalue weighted by Crippen LogP contribution is 2.28. The van der Waals surface area contributed by atoms with Gasteiger partial charge in [-0.15, -0.1) is 0 Å². The molecule has 2 aromatic carbocycles. The first-order valence-corrected chi connectivity index (χ1v) is 8.47. The van der Waals surface area contributed by atoms with Crippen LogP contribution in [0.2, 0.25) is 5.02 Å². The number of rotatable bonds is 3. The minimum Gasteiger partial charge on any atom is -0.360 e. The van der Waals surface area contributed by atoms with Crippen molar-refractivity contribution in [3.05, 3.63) is 58.1 Å². The Morgan fingerprint density at radius 1 is 1.33 bits per heavy atom. The smallest absolute Gasteiger partial charge is 0.243 e. The summed E-state index contributed by atoms with van der Waals surface area (Å²) in [4.78, 5) is 14.6. The van der Waals surface area contributed by atoms with Gasteiger partial charge in [-0.25, -0.2) is 0 Å². The highest BCUT2D eigenvalue weighted by Gasteiger charge is 2.23. The van der Waals surface area contributed by atoms with Crippen LogP contribution in [0.15, 0.2) is 36.4 Å². The summed E-state index contributed by atoms with van der Waals surface area (Å²) in [6.45, 7) is 4.86. The van der Waals surface area contributed by atoms with E-state index in [4.69, 9.17) is 17.3 Å². The Labute approximate surface area is 147 Å². The van der Waals surface area contributed by atoms with Gasteiger partial charge < -0.3 is 16.0 Å². The van der Waals surface area contributed by atoms with Gasteiger partial charge in [0.15, 0.2) is 0 Å². The van der Waals surface area contributed by atoms with Gasteiger partial charge in [0.2, 0.25) is 5.91 Å². The van der Waals surface area contributed by atoms with Gasteiger partial charge in [0.05, 0.1) is 17.3 Å². The van der Waals surface area contributed by atoms with Crippen molar-refractivity contribution in [3.63, 3.8) is 0 Å². The fraction of sp³-hybridized carbons (Fsp3) is 0.316. The Balaban J connectivity index is 1.76. The van der Waals surface area contributed by atoms with E-state index < -0.39 is 0 Å². The van der Waals surface area contributed by atoms with Gasteiger partial charge in [0.25, 0.3) is 0 Å². The Hall–Kier alpha value is -2.04. The SMILES string of the molecule is Cc1cc(C)c(NC(=O)CN2CC(N)Cc3ccccc32)c(Cl)c1. The van der Waals surface area contributed by atoms with E-state index >= 15 is 0 Å². The van der Waals surface area contributed by atoms with Crippen LogP contribution < -0.4 is 16.0 Å². The van der Waals surface area contributed by atoms with Crippen molar-refractivity contribution in [1.29, 1.82) is 0 Å². The quantitative estimate of drug-likeness (QED) is 0.899. The number of halogens is 1. The fourth-order valence-electron chi connectivity index (χ4n) is 3.30. The third-order valence-electron chi connectivity index (χ3n) is 4.30. The topological polar surface area (TPSA) is 58.4 Å². The van der Waals surface area contributed by atoms with E-state index in [-0.39, 0.29) is 18.5 Å². The van der Waals surface area contributed by atoms with Gasteiger partial charge in [-0.2, -0.15) is 0 Å². The number of carbonyl (C=O) groups is 1. The second-order valence-corrected chi connectivity index (χ2v) is 6.87. The number of hydrogen-bond acceptors (Lipinski definition) is 3. The van der Waals surface area contributed by atoms with Crippen molar-refractivity contribution >= 4 is 28.9 Å². The van der Waals surface area contributed by atoms with Crippen molar-refractivity contribution in [1.82, 2.24) is 0 Å². The molecule has 0 fully saturated rings. The van der Waals surface area contributed by atoms with E-state index in [0.29, 0.717) is 17.3 Å². The summed E-state index contributed by atoms with van der Waals surface area (Å²) < 4.78 is 0. The predicted octanol–water partition coefficient (Wildman–Crippen LogP) is 3.29. The van der Waals surface area contributed by atoms with Crippen molar-refractivity contribution in [2.45, 2.75) is 26.3 Å². The number of anilines is 2. The third kappa shape index (κ3) is 3.55. The predicted molar refractivity (Wildman–Crippen MR) is 99.9 cm³/mol. The van der Waals surface area contributed by atoms with Crippen LogP contribution in [0.5, 0.6) is 0 Å². The minimum absolute atomic E-state index is 0.0393. The molecule has 0 radical (unpaired) electrons. The van der Waals surface area contributed by atoms with E-state index in [1.54, 1.807) is 0 Å². The molecule has 24 heavy (non-hydrogen) atoms. The number of carbonyl (C=O) groups excluding carboxylic acids is 1. The molecule has 1 unspecified atom stereocenters. The van der Waals surface area contributed by atoms with Crippen LogP contribution in [0, 0.1) is 13.8 Å². The number of para-hydroxylation sites is 1. The minimum atomic E-state index is -0.0900. The molecule has 0 saturated heterocycles. The Morgan fingerprint density at radius 3 is 2.83 bits per heavy atom. The molecule has 4 nitrogen and oxygen atoms in total. The normalized spacial score (nSPS) is 16.7. The second-order valence-electron chi connectivity index (χ2n) is 6.46. The van der Waals surface area contributed by atoms with E-state index in [1.165, 1.54) is 5.56 Å². The number of hydrogen-bond donors (Lipinski definition) is 2. The largest absolute Gasteiger partial charge is 0.360 e. The molecule has 0 aliphatic carbocycles. The Bertz CT molecular complexity index is 752. The van der Waals surface area contributed by atoms with Gasteiger partial charge in [-0.05, 0) is 49.1 Å². The fourth-order valence-corrected chi connectivity index (χ4v) is 3.66. The van der Waals surface area contributed by atoms with Gasteiger partial charge in [0.1, 0.15) is 0 Å². The first kappa shape index (κ1) is 16.8. The standard InChI is InChI=1S/C19H22ClN3O/c1-12-7-13(2)19(16(20)8-12)22-18(24)11-23-10-15(21)9-14-5-3-4-6-17(14)23/h3-8,15H,9-11,21H2,1-2H3,(H,22,24). The summed E-state index contributed by atoms with van der Waals surface area (Å²) in [6.07, 6.45) is 0.844. The average molecular weight is 344 g/mol. The maximum atomic E-state index is 12.5. The maximum absolute atomic E-state index is 12.5. The molecule has 3 N–H and O–H groups in total. The highest BCUT2D eigenvalue weighted by molar-refractivity contribution is 6.34. The lowest BCUT2D eigenvalue weighted by atomic mass is 9.98. The molecule has 126 valence electrons. The van der Waals surface area contributed by atoms with E-state index in [1.807, 2.05) is 49.1 Å². The van der Waals surface area contributed by atoms with Crippen LogP contribution in [0.25, 0.3) is 0 Å². The summed E-state index contributed by atoms with van der Waals surface area (Å²) in [5.74, 6) is -0.0900. The monoisotopic (exact) mass is 343 g/mol. The summed E-state index contributed by atoms with van der Waals surface area (Å²) >= 11 is 6.28. The van der Waals surface area contributed by atoms with E-state index in [2.05, 4.69) is 11.4 Å². The van der Waals surface area contributed by atoms with Gasteiger partial charge >= 0.3 is 0 Å². The first-order chi connectivity index (χ1) is 11.4. The van der Waals surface area contributed by atoms with Crippen LogP contribution in [-0.4, -0.2) is 25.0 Å². The summed E-state index contributed by atoms with van der Waals surface area (Å²) in [7, 11) is 0. The third-order valence-corrected chi connectivity index (χ3v) is 4.60. The number of benzene rings is 2. The summed E-state index contributed by atoms with van der Waals surface area (Å²) in [5, 5.41) is 3.51. The number of nitrogens with one attached hydrogen (secondary N) is 1. The van der Waals surface area contributed by atoms with Crippen molar-refractivity contribution in [3.8, 4) is 0 Å². The van der Waals surface area contributed by atoms with Crippen molar-refractivity contribution in [2.75, 3.05) is 23.3 Å². The molecule has 0 bridgehead atoms. The Morgan fingerprint density at radius 2 is 2.08 bits per heavy atom. The number of fused-ring (bicyclic) bond motifs is 1. The van der Waals surface area contributed by atoms with Crippen LogP contribution >= 0.6 is 11.6 Å². The van der Waals surface area contributed by atoms with Gasteiger partial charge in [0, 0.05) is 18.3 Å². The van der Waals surface area contributed by atoms with Crippen molar-refractivity contribution in [2.24, 2.45) is 5.73 Å². The van der Waals surface area contributed by atoms with Crippen LogP contribution in [0.3, 0.4) is 0 Å². The molecule has 2 aromatic rings.